The van der Waals surface area contributed by atoms with Crippen LogP contribution in [-0.2, 0) is 4.57 Å². The lowest BCUT2D eigenvalue weighted by molar-refractivity contribution is 0.148. The van der Waals surface area contributed by atoms with Crippen molar-refractivity contribution in [2.45, 2.75) is 57.7 Å². The lowest BCUT2D eigenvalue weighted by Crippen LogP contribution is -2.61. The average molecular weight is 250 g/mol. The van der Waals surface area contributed by atoms with Gasteiger partial charge in [0, 0.05) is 17.1 Å². The van der Waals surface area contributed by atoms with Crippen molar-refractivity contribution in [3.63, 3.8) is 0 Å². The van der Waals surface area contributed by atoms with Gasteiger partial charge in [-0.05, 0) is 40.5 Å². The first-order chi connectivity index (χ1) is 6.99. The van der Waals surface area contributed by atoms with Gasteiger partial charge in [0.25, 0.3) is 0 Å². The first kappa shape index (κ1) is 14.1. The fourth-order valence-corrected chi connectivity index (χ4v) is 3.21. The van der Waals surface area contributed by atoms with E-state index in [2.05, 4.69) is 38.3 Å². The van der Waals surface area contributed by atoms with Crippen LogP contribution in [0.2, 0.25) is 0 Å². The highest BCUT2D eigenvalue weighted by Crippen LogP contribution is 2.34. The Morgan fingerprint density at radius 3 is 2.06 bits per heavy atom. The Morgan fingerprint density at radius 2 is 1.69 bits per heavy atom. The van der Waals surface area contributed by atoms with Gasteiger partial charge in [-0.1, -0.05) is 0 Å². The van der Waals surface area contributed by atoms with E-state index in [0.717, 1.165) is 12.8 Å². The van der Waals surface area contributed by atoms with Gasteiger partial charge in [-0.25, -0.2) is 0 Å². The molecule has 0 aromatic carbocycles. The smallest absolute Gasteiger partial charge is 0.324 e. The Kier molecular flexibility index (Phi) is 3.88. The lowest BCUT2D eigenvalue weighted by atomic mass is 9.80. The van der Waals surface area contributed by atoms with E-state index in [1.807, 2.05) is 0 Å². The van der Waals surface area contributed by atoms with Crippen LogP contribution < -0.4 is 10.6 Å². The van der Waals surface area contributed by atoms with Crippen LogP contribution in [0.5, 0.6) is 0 Å². The van der Waals surface area contributed by atoms with Crippen molar-refractivity contribution in [3.05, 3.63) is 0 Å². The van der Waals surface area contributed by atoms with Crippen LogP contribution in [0.25, 0.3) is 0 Å². The van der Waals surface area contributed by atoms with Gasteiger partial charge < -0.3 is 20.4 Å². The number of hydrogen-bond acceptors (Lipinski definition) is 3. The van der Waals surface area contributed by atoms with E-state index in [4.69, 9.17) is 9.79 Å². The van der Waals surface area contributed by atoms with E-state index >= 15 is 0 Å². The van der Waals surface area contributed by atoms with Gasteiger partial charge in [0.1, 0.15) is 0 Å². The Labute approximate surface area is 97.2 Å². The molecule has 0 unspecified atom stereocenters. The fraction of sp³-hybridized carbons (Fsp3) is 1.00. The molecule has 1 aliphatic heterocycles. The molecule has 0 spiro atoms. The molecule has 0 aromatic rings. The molecule has 0 amide bonds. The largest absolute Gasteiger partial charge is 0.339 e. The molecule has 1 rings (SSSR count). The summed E-state index contributed by atoms with van der Waals surface area (Å²) in [5.41, 5.74) is -0.0113. The average Bonchev–Trinajstić information content (AvgIpc) is 1.93. The molecule has 1 fully saturated rings. The van der Waals surface area contributed by atoms with Crippen molar-refractivity contribution < 1.29 is 14.4 Å². The first-order valence-electron chi connectivity index (χ1n) is 5.56. The van der Waals surface area contributed by atoms with Crippen molar-refractivity contribution in [2.75, 3.05) is 6.29 Å². The predicted molar refractivity (Wildman–Crippen MR) is 64.4 cm³/mol. The molecule has 0 radical (unpaired) electrons. The van der Waals surface area contributed by atoms with E-state index in [1.54, 1.807) is 0 Å². The van der Waals surface area contributed by atoms with E-state index in [-0.39, 0.29) is 23.4 Å². The van der Waals surface area contributed by atoms with Crippen molar-refractivity contribution in [1.82, 2.24) is 10.6 Å². The van der Waals surface area contributed by atoms with E-state index in [0.29, 0.717) is 0 Å². The summed E-state index contributed by atoms with van der Waals surface area (Å²) in [5.74, 6) is 0. The van der Waals surface area contributed by atoms with Crippen molar-refractivity contribution in [2.24, 2.45) is 0 Å². The zero-order chi connectivity index (χ0) is 12.6. The number of nitrogens with one attached hydrogen (secondary N) is 2. The molecule has 1 heterocycles. The van der Waals surface area contributed by atoms with Gasteiger partial charge >= 0.3 is 7.60 Å². The van der Waals surface area contributed by atoms with E-state index in [9.17, 15) is 4.57 Å². The second kappa shape index (κ2) is 4.39. The summed E-state index contributed by atoms with van der Waals surface area (Å²) >= 11 is 0. The van der Waals surface area contributed by atoms with E-state index in [1.165, 1.54) is 0 Å². The Hall–Kier alpha value is 0.0700. The molecule has 0 aliphatic carbocycles. The molecule has 1 aliphatic rings. The summed E-state index contributed by atoms with van der Waals surface area (Å²) in [5, 5.41) is 6.49. The molecular weight excluding hydrogens is 227 g/mol. The number of hydrogen-bond donors (Lipinski definition) is 4. The van der Waals surface area contributed by atoms with Crippen molar-refractivity contribution in [3.8, 4) is 0 Å². The quantitative estimate of drug-likeness (QED) is 0.562. The maximum atomic E-state index is 10.8. The topological polar surface area (TPSA) is 81.6 Å². The SMILES string of the molecule is CC1(C)CC(NCP(=O)(O)O)CC(C)(C)N1. The molecule has 6 heteroatoms. The molecular formula is C10H23N2O3P. The molecule has 0 atom stereocenters. The minimum atomic E-state index is -3.95. The van der Waals surface area contributed by atoms with Gasteiger partial charge in [0.2, 0.25) is 0 Å². The van der Waals surface area contributed by atoms with Crippen LogP contribution >= 0.6 is 7.60 Å². The standard InChI is InChI=1S/C10H23N2O3P/c1-9(2)5-8(6-10(3,4)12-9)11-7-16(13,14)15/h8,11-12H,5-7H2,1-4H3,(H2,13,14,15). The van der Waals surface area contributed by atoms with Gasteiger partial charge in [0.15, 0.2) is 0 Å². The third-order valence-electron chi connectivity index (χ3n) is 2.78. The molecule has 0 bridgehead atoms. The molecule has 1 saturated heterocycles. The maximum Gasteiger partial charge on any atom is 0.339 e. The lowest BCUT2D eigenvalue weighted by Gasteiger charge is -2.46. The molecule has 0 saturated carbocycles. The van der Waals surface area contributed by atoms with Crippen molar-refractivity contribution in [1.29, 1.82) is 0 Å². The third kappa shape index (κ3) is 4.93. The number of rotatable bonds is 3. The van der Waals surface area contributed by atoms with E-state index < -0.39 is 7.60 Å². The fourth-order valence-electron chi connectivity index (χ4n) is 2.71. The second-order valence-corrected chi connectivity index (χ2v) is 7.67. The predicted octanol–water partition coefficient (Wildman–Crippen LogP) is 1.02. The molecule has 96 valence electrons. The van der Waals surface area contributed by atoms with Crippen LogP contribution in [0, 0.1) is 0 Å². The minimum absolute atomic E-state index is 0.00564. The monoisotopic (exact) mass is 250 g/mol. The van der Waals surface area contributed by atoms with Crippen molar-refractivity contribution >= 4 is 7.60 Å². The van der Waals surface area contributed by atoms with Gasteiger partial charge in [0.05, 0.1) is 6.29 Å². The first-order valence-corrected chi connectivity index (χ1v) is 7.36. The highest BCUT2D eigenvalue weighted by atomic mass is 31.2. The Bertz CT molecular complexity index is 282. The highest BCUT2D eigenvalue weighted by Gasteiger charge is 2.37. The molecule has 16 heavy (non-hydrogen) atoms. The molecule has 4 N–H and O–H groups in total. The summed E-state index contributed by atoms with van der Waals surface area (Å²) in [6, 6.07) is 0.152. The number of piperidine rings is 1. The second-order valence-electron chi connectivity index (χ2n) is 6.02. The van der Waals surface area contributed by atoms with Crippen LogP contribution in [0.4, 0.5) is 0 Å². The molecule has 5 nitrogen and oxygen atoms in total. The van der Waals surface area contributed by atoms with Crippen LogP contribution in [-0.4, -0.2) is 33.2 Å². The molecule has 0 aromatic heterocycles. The summed E-state index contributed by atoms with van der Waals surface area (Å²) in [7, 11) is -3.95. The third-order valence-corrected chi connectivity index (χ3v) is 3.37. The maximum absolute atomic E-state index is 10.8. The Morgan fingerprint density at radius 1 is 1.25 bits per heavy atom. The van der Waals surface area contributed by atoms with Gasteiger partial charge in [-0.2, -0.15) is 0 Å². The summed E-state index contributed by atoms with van der Waals surface area (Å²) in [6.07, 6.45) is 1.51. The van der Waals surface area contributed by atoms with Gasteiger partial charge in [-0.3, -0.25) is 4.57 Å². The van der Waals surface area contributed by atoms with Crippen LogP contribution in [0.3, 0.4) is 0 Å². The zero-order valence-corrected chi connectivity index (χ0v) is 11.3. The minimum Gasteiger partial charge on any atom is -0.324 e. The summed E-state index contributed by atoms with van der Waals surface area (Å²) < 4.78 is 10.8. The van der Waals surface area contributed by atoms with Gasteiger partial charge in [-0.15, -0.1) is 0 Å². The van der Waals surface area contributed by atoms with Crippen LogP contribution in [0.1, 0.15) is 40.5 Å². The zero-order valence-electron chi connectivity index (χ0n) is 10.4. The summed E-state index contributed by atoms with van der Waals surface area (Å²) in [6.45, 7) is 8.44. The summed E-state index contributed by atoms with van der Waals surface area (Å²) in [4.78, 5) is 17.7. The van der Waals surface area contributed by atoms with Crippen LogP contribution in [0.15, 0.2) is 0 Å². The Balaban J connectivity index is 2.58. The highest BCUT2D eigenvalue weighted by molar-refractivity contribution is 7.51. The normalized spacial score (nSPS) is 25.6.